The largest absolute Gasteiger partial charge is 0.508 e. The van der Waals surface area contributed by atoms with Crippen molar-refractivity contribution in [1.29, 1.82) is 0 Å². The van der Waals surface area contributed by atoms with Gasteiger partial charge in [-0.3, -0.25) is 4.79 Å². The van der Waals surface area contributed by atoms with E-state index in [-0.39, 0.29) is 16.9 Å². The van der Waals surface area contributed by atoms with E-state index in [1.54, 1.807) is 0 Å². The number of aromatic hydroxyl groups is 1. The Labute approximate surface area is 96.1 Å². The fraction of sp³-hybridized carbons (Fsp3) is 0. The van der Waals surface area contributed by atoms with Gasteiger partial charge in [0.1, 0.15) is 5.75 Å². The first kappa shape index (κ1) is 10.9. The van der Waals surface area contributed by atoms with Crippen molar-refractivity contribution in [2.45, 2.75) is 0 Å². The first-order valence-corrected chi connectivity index (χ1v) is 4.79. The normalized spacial score (nSPS) is 10.4. The summed E-state index contributed by atoms with van der Waals surface area (Å²) in [5, 5.41) is 19.2. The Bertz CT molecular complexity index is 634. The molecule has 0 aliphatic carbocycles. The maximum atomic E-state index is 11.3. The van der Waals surface area contributed by atoms with Crippen molar-refractivity contribution in [3.05, 3.63) is 41.5 Å². The van der Waals surface area contributed by atoms with Gasteiger partial charge in [-0.25, -0.2) is 4.79 Å². The van der Waals surface area contributed by atoms with Gasteiger partial charge in [-0.05, 0) is 35.0 Å². The predicted molar refractivity (Wildman–Crippen MR) is 61.1 cm³/mol. The van der Waals surface area contributed by atoms with Crippen molar-refractivity contribution in [2.75, 3.05) is 0 Å². The number of primary amides is 1. The third-order valence-corrected chi connectivity index (χ3v) is 2.48. The van der Waals surface area contributed by atoms with E-state index >= 15 is 0 Å². The van der Waals surface area contributed by atoms with Crippen molar-refractivity contribution in [1.82, 2.24) is 0 Å². The molecule has 0 heterocycles. The van der Waals surface area contributed by atoms with Gasteiger partial charge >= 0.3 is 5.97 Å². The van der Waals surface area contributed by atoms with E-state index in [0.717, 1.165) is 0 Å². The summed E-state index contributed by atoms with van der Waals surface area (Å²) in [5.41, 5.74) is 5.00. The molecule has 5 nitrogen and oxygen atoms in total. The highest BCUT2D eigenvalue weighted by Crippen LogP contribution is 2.25. The quantitative estimate of drug-likeness (QED) is 0.725. The molecule has 0 spiro atoms. The number of amides is 1. The number of phenolic OH excluding ortho intramolecular Hbond substituents is 1. The molecule has 17 heavy (non-hydrogen) atoms. The molecule has 1 amide bonds. The number of carbonyl (C=O) groups excluding carboxylic acids is 1. The second kappa shape index (κ2) is 3.79. The van der Waals surface area contributed by atoms with Crippen LogP contribution in [0.4, 0.5) is 0 Å². The zero-order valence-electron chi connectivity index (χ0n) is 8.68. The Hall–Kier alpha value is -2.56. The van der Waals surface area contributed by atoms with Crippen molar-refractivity contribution >= 4 is 22.6 Å². The summed E-state index contributed by atoms with van der Waals surface area (Å²) in [6.45, 7) is 0. The number of phenols is 1. The van der Waals surface area contributed by atoms with E-state index in [9.17, 15) is 14.7 Å². The fourth-order valence-electron chi connectivity index (χ4n) is 1.76. The number of hydrogen-bond acceptors (Lipinski definition) is 3. The van der Waals surface area contributed by atoms with E-state index in [4.69, 9.17) is 10.8 Å². The maximum absolute atomic E-state index is 11.3. The Kier molecular flexibility index (Phi) is 2.44. The molecule has 0 atom stereocenters. The molecule has 0 aliphatic heterocycles. The molecule has 0 unspecified atom stereocenters. The molecule has 2 aromatic rings. The second-order valence-corrected chi connectivity index (χ2v) is 3.56. The first-order chi connectivity index (χ1) is 8.00. The lowest BCUT2D eigenvalue weighted by Crippen LogP contribution is -2.16. The molecule has 0 aliphatic rings. The van der Waals surface area contributed by atoms with Crippen LogP contribution in [0.25, 0.3) is 10.8 Å². The lowest BCUT2D eigenvalue weighted by Gasteiger charge is -2.07. The topological polar surface area (TPSA) is 101 Å². The smallest absolute Gasteiger partial charge is 0.336 e. The minimum atomic E-state index is -1.21. The zero-order valence-corrected chi connectivity index (χ0v) is 8.68. The number of hydrogen-bond donors (Lipinski definition) is 3. The van der Waals surface area contributed by atoms with Gasteiger partial charge in [0.2, 0.25) is 5.91 Å². The van der Waals surface area contributed by atoms with Crippen LogP contribution in [0.1, 0.15) is 20.7 Å². The van der Waals surface area contributed by atoms with Crippen LogP contribution < -0.4 is 5.73 Å². The van der Waals surface area contributed by atoms with Gasteiger partial charge < -0.3 is 15.9 Å². The predicted octanol–water partition coefficient (Wildman–Crippen LogP) is 1.34. The first-order valence-electron chi connectivity index (χ1n) is 4.79. The molecule has 2 aromatic carbocycles. The fourth-order valence-corrected chi connectivity index (χ4v) is 1.76. The molecular formula is C12H9NO4. The number of carboxylic acids is 1. The summed E-state index contributed by atoms with van der Waals surface area (Å²) in [7, 11) is 0. The monoisotopic (exact) mass is 231 g/mol. The number of carbonyl (C=O) groups is 2. The molecule has 5 heteroatoms. The van der Waals surface area contributed by atoms with Crippen LogP contribution in [0.15, 0.2) is 30.3 Å². The molecule has 2 rings (SSSR count). The van der Waals surface area contributed by atoms with Crippen LogP contribution >= 0.6 is 0 Å². The standard InChI is InChI=1S/C12H9NO4/c13-11(15)10-8-4-2-7(14)5-6(8)1-3-9(10)12(16)17/h1-5,14H,(H2,13,15)(H,16,17). The summed E-state index contributed by atoms with van der Waals surface area (Å²) in [5.74, 6) is -1.98. The Morgan fingerprint density at radius 2 is 1.82 bits per heavy atom. The second-order valence-electron chi connectivity index (χ2n) is 3.56. The van der Waals surface area contributed by atoms with Gasteiger partial charge in [-0.2, -0.15) is 0 Å². The van der Waals surface area contributed by atoms with Gasteiger partial charge in [0.15, 0.2) is 0 Å². The van der Waals surface area contributed by atoms with Gasteiger partial charge in [0.05, 0.1) is 11.1 Å². The minimum Gasteiger partial charge on any atom is -0.508 e. The molecule has 86 valence electrons. The molecule has 0 saturated carbocycles. The van der Waals surface area contributed by atoms with Crippen molar-refractivity contribution in [3.63, 3.8) is 0 Å². The van der Waals surface area contributed by atoms with Crippen LogP contribution in [-0.2, 0) is 0 Å². The SMILES string of the molecule is NC(=O)c1c(C(=O)O)ccc2cc(O)ccc12. The lowest BCUT2D eigenvalue weighted by atomic mass is 9.98. The summed E-state index contributed by atoms with van der Waals surface area (Å²) in [6.07, 6.45) is 0. The van der Waals surface area contributed by atoms with Gasteiger partial charge in [-0.1, -0.05) is 6.07 Å². The molecule has 0 radical (unpaired) electrons. The van der Waals surface area contributed by atoms with E-state index in [1.165, 1.54) is 30.3 Å². The number of carboxylic acid groups (broad SMARTS) is 1. The highest BCUT2D eigenvalue weighted by atomic mass is 16.4. The Morgan fingerprint density at radius 1 is 1.12 bits per heavy atom. The number of fused-ring (bicyclic) bond motifs is 1. The molecule has 0 fully saturated rings. The summed E-state index contributed by atoms with van der Waals surface area (Å²) >= 11 is 0. The van der Waals surface area contributed by atoms with Crippen LogP contribution in [0.3, 0.4) is 0 Å². The van der Waals surface area contributed by atoms with Gasteiger partial charge in [-0.15, -0.1) is 0 Å². The number of rotatable bonds is 2. The number of nitrogens with two attached hydrogens (primary N) is 1. The third-order valence-electron chi connectivity index (χ3n) is 2.48. The Morgan fingerprint density at radius 3 is 2.41 bits per heavy atom. The summed E-state index contributed by atoms with van der Waals surface area (Å²) < 4.78 is 0. The average molecular weight is 231 g/mol. The summed E-state index contributed by atoms with van der Waals surface area (Å²) in [6, 6.07) is 7.10. The molecule has 0 bridgehead atoms. The molecule has 0 aromatic heterocycles. The lowest BCUT2D eigenvalue weighted by molar-refractivity contribution is 0.0692. The maximum Gasteiger partial charge on any atom is 0.336 e. The third kappa shape index (κ3) is 1.78. The summed E-state index contributed by atoms with van der Waals surface area (Å²) in [4.78, 5) is 22.3. The van der Waals surface area contributed by atoms with Crippen molar-refractivity contribution < 1.29 is 19.8 Å². The molecular weight excluding hydrogens is 222 g/mol. The molecule has 0 saturated heterocycles. The highest BCUT2D eigenvalue weighted by Gasteiger charge is 2.17. The number of benzene rings is 2. The number of aromatic carboxylic acids is 1. The molecule has 4 N–H and O–H groups in total. The van der Waals surface area contributed by atoms with Crippen LogP contribution in [0, 0.1) is 0 Å². The average Bonchev–Trinajstić information content (AvgIpc) is 2.26. The Balaban J connectivity index is 2.89. The van der Waals surface area contributed by atoms with Gasteiger partial charge in [0.25, 0.3) is 0 Å². The highest BCUT2D eigenvalue weighted by molar-refractivity contribution is 6.13. The zero-order chi connectivity index (χ0) is 12.6. The van der Waals surface area contributed by atoms with Crippen LogP contribution in [0.2, 0.25) is 0 Å². The van der Waals surface area contributed by atoms with Crippen molar-refractivity contribution in [3.8, 4) is 5.75 Å². The van der Waals surface area contributed by atoms with E-state index in [1.807, 2.05) is 0 Å². The van der Waals surface area contributed by atoms with Crippen LogP contribution in [-0.4, -0.2) is 22.1 Å². The van der Waals surface area contributed by atoms with Gasteiger partial charge in [0, 0.05) is 0 Å². The van der Waals surface area contributed by atoms with E-state index < -0.39 is 11.9 Å². The minimum absolute atomic E-state index is 0.0380. The van der Waals surface area contributed by atoms with Crippen molar-refractivity contribution in [2.24, 2.45) is 5.73 Å². The van der Waals surface area contributed by atoms with Crippen LogP contribution in [0.5, 0.6) is 5.75 Å². The van der Waals surface area contributed by atoms with E-state index in [0.29, 0.717) is 10.8 Å². The van der Waals surface area contributed by atoms with E-state index in [2.05, 4.69) is 0 Å².